The van der Waals surface area contributed by atoms with Gasteiger partial charge in [0, 0.05) is 43.9 Å². The fraction of sp³-hybridized carbons (Fsp3) is 0.818. The predicted molar refractivity (Wildman–Crippen MR) is 320 cm³/mol. The maximum absolute atomic E-state index is 13.0. The number of esters is 6. The van der Waals surface area contributed by atoms with Crippen molar-refractivity contribution in [3.63, 3.8) is 0 Å². The number of aliphatic hydroxyl groups excluding tert-OH is 3. The van der Waals surface area contributed by atoms with Gasteiger partial charge in [0.1, 0.15) is 31.5 Å². The lowest BCUT2D eigenvalue weighted by molar-refractivity contribution is -0.167. The summed E-state index contributed by atoms with van der Waals surface area (Å²) in [5.74, 6) is -2.86. The highest BCUT2D eigenvalue weighted by atomic mass is 16.6. The van der Waals surface area contributed by atoms with Gasteiger partial charge in [-0.05, 0) is 77.0 Å². The second-order valence-electron chi connectivity index (χ2n) is 22.7. The molecule has 3 N–H and O–H groups in total. The molecule has 0 aliphatic carbocycles. The monoisotopic (exact) mass is 1160 g/mol. The Morgan fingerprint density at radius 3 is 1.12 bits per heavy atom. The minimum Gasteiger partial charge on any atom is -0.462 e. The molecule has 1 fully saturated rings. The summed E-state index contributed by atoms with van der Waals surface area (Å²) < 4.78 is 39.0. The molecule has 1 aliphatic heterocycles. The average Bonchev–Trinajstić information content (AvgIpc) is 4.22. The number of hydrogen-bond donors (Lipinski definition) is 3. The van der Waals surface area contributed by atoms with Crippen LogP contribution in [0.5, 0.6) is 0 Å². The molecule has 0 spiro atoms. The van der Waals surface area contributed by atoms with Crippen LogP contribution in [0.1, 0.15) is 278 Å². The van der Waals surface area contributed by atoms with Gasteiger partial charge in [-0.25, -0.2) is 14.4 Å². The van der Waals surface area contributed by atoms with Crippen molar-refractivity contribution in [2.24, 2.45) is 0 Å². The van der Waals surface area contributed by atoms with E-state index in [2.05, 4.69) is 33.6 Å². The van der Waals surface area contributed by atoms with Gasteiger partial charge >= 0.3 is 35.8 Å². The van der Waals surface area contributed by atoms with Crippen LogP contribution in [0.3, 0.4) is 0 Å². The average molecular weight is 1160 g/mol. The highest BCUT2D eigenvalue weighted by molar-refractivity contribution is 5.82. The molecule has 1 saturated heterocycles. The molecule has 0 aromatic carbocycles. The molecular weight excluding hydrogens is 1050 g/mol. The number of ether oxygens (including phenoxy) is 7. The fourth-order valence-electron chi connectivity index (χ4n) is 10.1. The molecule has 0 saturated carbocycles. The second-order valence-corrected chi connectivity index (χ2v) is 22.7. The van der Waals surface area contributed by atoms with Gasteiger partial charge in [0.25, 0.3) is 0 Å². The van der Waals surface area contributed by atoms with Gasteiger partial charge in [-0.3, -0.25) is 14.4 Å². The molecule has 0 aromatic heterocycles. The topological polar surface area (TPSA) is 231 Å². The fourth-order valence-corrected chi connectivity index (χ4v) is 10.1. The van der Waals surface area contributed by atoms with Crippen molar-refractivity contribution in [3.8, 4) is 0 Å². The summed E-state index contributed by atoms with van der Waals surface area (Å²) in [6.07, 6.45) is 31.4. The van der Waals surface area contributed by atoms with Crippen molar-refractivity contribution in [3.05, 3.63) is 38.0 Å². The third-order valence-corrected chi connectivity index (χ3v) is 15.3. The van der Waals surface area contributed by atoms with Crippen LogP contribution in [-0.4, -0.2) is 119 Å². The number of rotatable bonds is 58. The molecule has 0 radical (unpaired) electrons. The molecule has 9 atom stereocenters. The number of aliphatic hydroxyl groups is 3. The molecule has 0 bridgehead atoms. The maximum Gasteiger partial charge on any atom is 0.330 e. The van der Waals surface area contributed by atoms with Gasteiger partial charge in [0.05, 0.1) is 30.5 Å². The van der Waals surface area contributed by atoms with Gasteiger partial charge in [0.15, 0.2) is 6.10 Å². The minimum absolute atomic E-state index is 0.0378. The minimum atomic E-state index is -0.940. The quantitative estimate of drug-likeness (QED) is 0.0169. The van der Waals surface area contributed by atoms with E-state index >= 15 is 0 Å². The van der Waals surface area contributed by atoms with Crippen LogP contribution >= 0.6 is 0 Å². The van der Waals surface area contributed by atoms with E-state index < -0.39 is 78.5 Å². The van der Waals surface area contributed by atoms with Crippen molar-refractivity contribution in [1.29, 1.82) is 0 Å². The Morgan fingerprint density at radius 1 is 0.390 bits per heavy atom. The van der Waals surface area contributed by atoms with Gasteiger partial charge < -0.3 is 48.5 Å². The van der Waals surface area contributed by atoms with E-state index in [0.29, 0.717) is 57.8 Å². The Kier molecular flexibility index (Phi) is 47.5. The Morgan fingerprint density at radius 2 is 0.720 bits per heavy atom. The van der Waals surface area contributed by atoms with E-state index in [1.807, 2.05) is 6.92 Å². The van der Waals surface area contributed by atoms with E-state index in [-0.39, 0.29) is 44.7 Å². The first-order chi connectivity index (χ1) is 39.7. The lowest BCUT2D eigenvalue weighted by atomic mass is 9.99. The molecule has 0 aromatic rings. The van der Waals surface area contributed by atoms with E-state index in [4.69, 9.17) is 33.2 Å². The van der Waals surface area contributed by atoms with Crippen LogP contribution in [0.15, 0.2) is 38.0 Å². The maximum atomic E-state index is 13.0. The SMILES string of the molecule is C=CC(=O)OC(CCCCCCC)C(O)CCCCCCCCC(=O)OCC(COC(=O)CCCCCCCCC(OC(=O)C=C)C(O)CCCCCCC)OC(=O)CCCCCCCCC1OC1CC(O)C(CCCC)OC(=O)C=C. The molecule has 9 unspecified atom stereocenters. The van der Waals surface area contributed by atoms with Crippen LogP contribution in [-0.2, 0) is 61.9 Å². The first kappa shape index (κ1) is 75.9. The standard InChI is InChI=1S/C66H114O16/c1-7-13-16-24-32-40-53(67)57(81-62(71)11-5)44-35-27-19-22-30-38-47-65(74)77-51-52(50-76-64(73)46-37-29-21-18-26-33-41-54(68)56(80-61(70)10-4)43-34-25-17-14-8-2)78-66(75)48-39-31-23-20-28-36-45-59-60(79-59)49-55(69)58(42-15-9-3)82-63(72)12-6/h10-12,52-60,67-69H,4-9,13-51H2,1-3H3. The zero-order valence-electron chi connectivity index (χ0n) is 51.4. The Balaban J connectivity index is 2.55. The van der Waals surface area contributed by atoms with E-state index in [1.165, 1.54) is 12.8 Å². The van der Waals surface area contributed by atoms with Crippen LogP contribution < -0.4 is 0 Å². The number of carbonyl (C=O) groups excluding carboxylic acids is 6. The summed E-state index contributed by atoms with van der Waals surface area (Å²) >= 11 is 0. The van der Waals surface area contributed by atoms with Gasteiger partial charge in [-0.2, -0.15) is 0 Å². The van der Waals surface area contributed by atoms with E-state index in [0.717, 1.165) is 185 Å². The molecule has 474 valence electrons. The highest BCUT2D eigenvalue weighted by Gasteiger charge is 2.41. The van der Waals surface area contributed by atoms with Crippen molar-refractivity contribution in [2.45, 2.75) is 333 Å². The Labute approximate surface area is 495 Å². The second kappa shape index (κ2) is 51.3. The lowest BCUT2D eigenvalue weighted by Gasteiger charge is -2.23. The largest absolute Gasteiger partial charge is 0.462 e. The van der Waals surface area contributed by atoms with E-state index in [1.54, 1.807) is 0 Å². The summed E-state index contributed by atoms with van der Waals surface area (Å²) in [6, 6.07) is 0. The first-order valence-electron chi connectivity index (χ1n) is 32.4. The highest BCUT2D eigenvalue weighted by Crippen LogP contribution is 2.33. The summed E-state index contributed by atoms with van der Waals surface area (Å²) in [5.41, 5.74) is 0. The Hall–Kier alpha value is -4.12. The molecular formula is C66H114O16. The molecule has 1 rings (SSSR count). The third-order valence-electron chi connectivity index (χ3n) is 15.3. The normalized spacial score (nSPS) is 16.3. The molecule has 16 heteroatoms. The van der Waals surface area contributed by atoms with Crippen molar-refractivity contribution >= 4 is 35.8 Å². The smallest absolute Gasteiger partial charge is 0.330 e. The summed E-state index contributed by atoms with van der Waals surface area (Å²) in [7, 11) is 0. The molecule has 1 heterocycles. The number of carbonyl (C=O) groups is 6. The van der Waals surface area contributed by atoms with Crippen LogP contribution in [0.4, 0.5) is 0 Å². The molecule has 0 amide bonds. The molecule has 82 heavy (non-hydrogen) atoms. The van der Waals surface area contributed by atoms with Crippen molar-refractivity contribution < 1.29 is 77.2 Å². The number of hydrogen-bond acceptors (Lipinski definition) is 16. The third kappa shape index (κ3) is 41.8. The van der Waals surface area contributed by atoms with E-state index in [9.17, 15) is 44.1 Å². The van der Waals surface area contributed by atoms with Gasteiger partial charge in [0.2, 0.25) is 0 Å². The van der Waals surface area contributed by atoms with Crippen LogP contribution in [0.2, 0.25) is 0 Å². The molecule has 16 nitrogen and oxygen atoms in total. The van der Waals surface area contributed by atoms with Gasteiger partial charge in [-0.1, -0.05) is 195 Å². The summed E-state index contributed by atoms with van der Waals surface area (Å²) in [6.45, 7) is 16.4. The number of epoxide rings is 1. The van der Waals surface area contributed by atoms with Crippen molar-refractivity contribution in [1.82, 2.24) is 0 Å². The predicted octanol–water partition coefficient (Wildman–Crippen LogP) is 13.8. The lowest BCUT2D eigenvalue weighted by Crippen LogP contribution is -2.32. The van der Waals surface area contributed by atoms with Crippen molar-refractivity contribution in [2.75, 3.05) is 13.2 Å². The first-order valence-corrected chi connectivity index (χ1v) is 32.4. The summed E-state index contributed by atoms with van der Waals surface area (Å²) in [4.78, 5) is 74.3. The number of unbranched alkanes of at least 4 members (excludes halogenated alkanes) is 24. The summed E-state index contributed by atoms with van der Waals surface area (Å²) in [5, 5.41) is 32.3. The molecule has 1 aliphatic rings. The Bertz CT molecular complexity index is 1700. The van der Waals surface area contributed by atoms with Gasteiger partial charge in [-0.15, -0.1) is 0 Å². The van der Waals surface area contributed by atoms with Crippen LogP contribution in [0.25, 0.3) is 0 Å². The zero-order valence-corrected chi connectivity index (χ0v) is 51.4. The van der Waals surface area contributed by atoms with Crippen LogP contribution in [0, 0.1) is 0 Å². The zero-order chi connectivity index (χ0) is 60.4.